The molecular formula is C15H22ClNO2. The Morgan fingerprint density at radius 1 is 1.21 bits per heavy atom. The number of benzene rings is 1. The first-order valence-electron chi connectivity index (χ1n) is 6.56. The summed E-state index contributed by atoms with van der Waals surface area (Å²) in [5.74, 6) is 0. The molecule has 1 saturated heterocycles. The number of aliphatic hydroxyl groups excluding tert-OH is 1. The lowest BCUT2D eigenvalue weighted by atomic mass is 10.1. The molecule has 1 atom stereocenters. The van der Waals surface area contributed by atoms with Gasteiger partial charge in [0.1, 0.15) is 0 Å². The Bertz CT molecular complexity index is 364. The molecular weight excluding hydrogens is 262 g/mol. The van der Waals surface area contributed by atoms with Crippen molar-refractivity contribution in [2.45, 2.75) is 12.5 Å². The van der Waals surface area contributed by atoms with E-state index >= 15 is 0 Å². The summed E-state index contributed by atoms with van der Waals surface area (Å²) in [6.07, 6.45) is 4.26. The minimum Gasteiger partial charge on any atom is -0.389 e. The Balaban J connectivity index is 0.00000180. The van der Waals surface area contributed by atoms with Crippen LogP contribution in [0.2, 0.25) is 0 Å². The number of hydrogen-bond acceptors (Lipinski definition) is 3. The van der Waals surface area contributed by atoms with Crippen molar-refractivity contribution in [3.05, 3.63) is 42.0 Å². The second-order valence-electron chi connectivity index (χ2n) is 4.58. The zero-order valence-corrected chi connectivity index (χ0v) is 11.9. The zero-order chi connectivity index (χ0) is 12.6. The summed E-state index contributed by atoms with van der Waals surface area (Å²) < 4.78 is 5.29. The maximum atomic E-state index is 9.90. The van der Waals surface area contributed by atoms with Gasteiger partial charge in [-0.3, -0.25) is 4.90 Å². The van der Waals surface area contributed by atoms with Crippen molar-refractivity contribution in [1.82, 2.24) is 4.90 Å². The van der Waals surface area contributed by atoms with Crippen LogP contribution in [0.15, 0.2) is 36.4 Å². The van der Waals surface area contributed by atoms with E-state index in [1.54, 1.807) is 0 Å². The van der Waals surface area contributed by atoms with Crippen LogP contribution in [0.25, 0.3) is 6.08 Å². The summed E-state index contributed by atoms with van der Waals surface area (Å²) in [7, 11) is 0. The van der Waals surface area contributed by atoms with Crippen molar-refractivity contribution >= 4 is 18.5 Å². The van der Waals surface area contributed by atoms with Crippen molar-refractivity contribution in [2.24, 2.45) is 0 Å². The van der Waals surface area contributed by atoms with Gasteiger partial charge < -0.3 is 9.84 Å². The minimum atomic E-state index is -0.368. The van der Waals surface area contributed by atoms with E-state index in [1.165, 1.54) is 0 Å². The molecule has 1 N–H and O–H groups in total. The van der Waals surface area contributed by atoms with Crippen LogP contribution >= 0.6 is 12.4 Å². The molecule has 19 heavy (non-hydrogen) atoms. The second-order valence-corrected chi connectivity index (χ2v) is 4.58. The van der Waals surface area contributed by atoms with Crippen molar-refractivity contribution < 1.29 is 9.84 Å². The van der Waals surface area contributed by atoms with Crippen LogP contribution in [0, 0.1) is 0 Å². The van der Waals surface area contributed by atoms with Crippen molar-refractivity contribution in [2.75, 3.05) is 32.8 Å². The van der Waals surface area contributed by atoms with Gasteiger partial charge >= 0.3 is 0 Å². The standard InChI is InChI=1S/C15H21NO2.ClH/c17-15(7-6-14-4-2-1-3-5-14)8-9-16-10-12-18-13-11-16;/h1-7,15,17H,8-13H2;1H/b7-6+;. The quantitative estimate of drug-likeness (QED) is 0.899. The molecule has 1 aliphatic rings. The van der Waals surface area contributed by atoms with Crippen LogP contribution in [0.1, 0.15) is 12.0 Å². The fourth-order valence-corrected chi connectivity index (χ4v) is 2.02. The van der Waals surface area contributed by atoms with Crippen LogP contribution in [0.3, 0.4) is 0 Å². The summed E-state index contributed by atoms with van der Waals surface area (Å²) in [6, 6.07) is 10.1. The molecule has 1 aromatic carbocycles. The molecule has 106 valence electrons. The van der Waals surface area contributed by atoms with Crippen molar-refractivity contribution in [3.8, 4) is 0 Å². The number of halogens is 1. The third-order valence-electron chi connectivity index (χ3n) is 3.16. The highest BCUT2D eigenvalue weighted by Gasteiger charge is 2.10. The largest absolute Gasteiger partial charge is 0.389 e. The van der Waals surface area contributed by atoms with Gasteiger partial charge in [-0.05, 0) is 12.0 Å². The molecule has 2 rings (SSSR count). The molecule has 1 aromatic rings. The molecule has 4 heteroatoms. The van der Waals surface area contributed by atoms with E-state index in [2.05, 4.69) is 4.90 Å². The number of hydrogen-bond donors (Lipinski definition) is 1. The highest BCUT2D eigenvalue weighted by Crippen LogP contribution is 2.05. The fraction of sp³-hybridized carbons (Fsp3) is 0.467. The molecule has 0 aromatic heterocycles. The molecule has 1 unspecified atom stereocenters. The lowest BCUT2D eigenvalue weighted by Crippen LogP contribution is -2.37. The minimum absolute atomic E-state index is 0. The Kier molecular flexibility index (Phi) is 7.75. The number of aliphatic hydroxyl groups is 1. The van der Waals surface area contributed by atoms with Gasteiger partial charge in [0.05, 0.1) is 19.3 Å². The smallest absolute Gasteiger partial charge is 0.0736 e. The van der Waals surface area contributed by atoms with Gasteiger partial charge in [0, 0.05) is 19.6 Å². The molecule has 0 aliphatic carbocycles. The van der Waals surface area contributed by atoms with Gasteiger partial charge in [-0.1, -0.05) is 42.5 Å². The predicted molar refractivity (Wildman–Crippen MR) is 80.6 cm³/mol. The molecule has 1 aliphatic heterocycles. The fourth-order valence-electron chi connectivity index (χ4n) is 2.02. The van der Waals surface area contributed by atoms with Gasteiger partial charge in [-0.2, -0.15) is 0 Å². The molecule has 1 fully saturated rings. The molecule has 0 saturated carbocycles. The normalized spacial score (nSPS) is 18.2. The van der Waals surface area contributed by atoms with Crippen molar-refractivity contribution in [1.29, 1.82) is 0 Å². The van der Waals surface area contributed by atoms with Crippen LogP contribution in [-0.4, -0.2) is 49.0 Å². The highest BCUT2D eigenvalue weighted by molar-refractivity contribution is 5.85. The summed E-state index contributed by atoms with van der Waals surface area (Å²) in [5, 5.41) is 9.90. The molecule has 0 spiro atoms. The molecule has 0 radical (unpaired) electrons. The van der Waals surface area contributed by atoms with E-state index in [4.69, 9.17) is 4.74 Å². The first-order valence-corrected chi connectivity index (χ1v) is 6.56. The van der Waals surface area contributed by atoms with Gasteiger partial charge in [0.25, 0.3) is 0 Å². The second kappa shape index (κ2) is 9.10. The van der Waals surface area contributed by atoms with Gasteiger partial charge in [0.15, 0.2) is 0 Å². The van der Waals surface area contributed by atoms with Crippen LogP contribution < -0.4 is 0 Å². The Labute approximate surface area is 121 Å². The van der Waals surface area contributed by atoms with E-state index in [1.807, 2.05) is 42.5 Å². The van der Waals surface area contributed by atoms with Gasteiger partial charge in [-0.25, -0.2) is 0 Å². The third kappa shape index (κ3) is 6.21. The average molecular weight is 284 g/mol. The number of ether oxygens (including phenoxy) is 1. The van der Waals surface area contributed by atoms with Crippen molar-refractivity contribution in [3.63, 3.8) is 0 Å². The van der Waals surface area contributed by atoms with E-state index in [0.29, 0.717) is 0 Å². The monoisotopic (exact) mass is 283 g/mol. The summed E-state index contributed by atoms with van der Waals surface area (Å²) in [4.78, 5) is 2.34. The first-order chi connectivity index (χ1) is 8.84. The average Bonchev–Trinajstić information content (AvgIpc) is 2.45. The SMILES string of the molecule is Cl.OC(/C=C/c1ccccc1)CCN1CCOCC1. The zero-order valence-electron chi connectivity index (χ0n) is 11.1. The van der Waals surface area contributed by atoms with Gasteiger partial charge in [-0.15, -0.1) is 12.4 Å². The maximum absolute atomic E-state index is 9.90. The van der Waals surface area contributed by atoms with Crippen LogP contribution in [0.4, 0.5) is 0 Å². The van der Waals surface area contributed by atoms with E-state index < -0.39 is 0 Å². The molecule has 0 amide bonds. The summed E-state index contributed by atoms with van der Waals surface area (Å²) in [5.41, 5.74) is 1.13. The lowest BCUT2D eigenvalue weighted by Gasteiger charge is -2.26. The van der Waals surface area contributed by atoms with Gasteiger partial charge in [0.2, 0.25) is 0 Å². The molecule has 0 bridgehead atoms. The Hall–Kier alpha value is -0.870. The van der Waals surface area contributed by atoms with Crippen LogP contribution in [0.5, 0.6) is 0 Å². The summed E-state index contributed by atoms with van der Waals surface area (Å²) >= 11 is 0. The Morgan fingerprint density at radius 3 is 2.58 bits per heavy atom. The number of nitrogens with zero attached hydrogens (tertiary/aromatic N) is 1. The maximum Gasteiger partial charge on any atom is 0.0736 e. The topological polar surface area (TPSA) is 32.7 Å². The van der Waals surface area contributed by atoms with E-state index in [9.17, 15) is 5.11 Å². The third-order valence-corrected chi connectivity index (χ3v) is 3.16. The Morgan fingerprint density at radius 2 is 1.89 bits per heavy atom. The molecule has 1 heterocycles. The number of rotatable bonds is 5. The highest BCUT2D eigenvalue weighted by atomic mass is 35.5. The summed E-state index contributed by atoms with van der Waals surface area (Å²) in [6.45, 7) is 4.53. The predicted octanol–water partition coefficient (Wildman–Crippen LogP) is 2.20. The van der Waals surface area contributed by atoms with E-state index in [-0.39, 0.29) is 18.5 Å². The van der Waals surface area contributed by atoms with E-state index in [0.717, 1.165) is 44.8 Å². The molecule has 3 nitrogen and oxygen atoms in total. The van der Waals surface area contributed by atoms with Crippen LogP contribution in [-0.2, 0) is 4.74 Å². The first kappa shape index (κ1) is 16.2. The lowest BCUT2D eigenvalue weighted by molar-refractivity contribution is 0.0328. The number of morpholine rings is 1.